The van der Waals surface area contributed by atoms with E-state index in [1.807, 2.05) is 22.4 Å². The molecule has 0 radical (unpaired) electrons. The first-order valence-corrected chi connectivity index (χ1v) is 7.51. The second kappa shape index (κ2) is 5.38. The summed E-state index contributed by atoms with van der Waals surface area (Å²) in [5.74, 6) is 0.374. The van der Waals surface area contributed by atoms with Crippen LogP contribution in [0.25, 0.3) is 0 Å². The number of nitrogens with zero attached hydrogens (tertiary/aromatic N) is 3. The van der Waals surface area contributed by atoms with Gasteiger partial charge in [0.15, 0.2) is 0 Å². The van der Waals surface area contributed by atoms with Gasteiger partial charge in [-0.15, -0.1) is 11.3 Å². The minimum Gasteiger partial charge on any atom is -0.343 e. The van der Waals surface area contributed by atoms with E-state index < -0.39 is 4.92 Å². The highest BCUT2D eigenvalue weighted by atomic mass is 35.5. The van der Waals surface area contributed by atoms with Crippen LogP contribution in [0.15, 0.2) is 29.6 Å². The van der Waals surface area contributed by atoms with Gasteiger partial charge in [-0.05, 0) is 30.4 Å². The van der Waals surface area contributed by atoms with Crippen LogP contribution in [-0.2, 0) is 6.54 Å². The normalized spacial score (nSPS) is 14.2. The fourth-order valence-corrected chi connectivity index (χ4v) is 2.95. The molecule has 1 saturated carbocycles. The molecule has 0 unspecified atom stereocenters. The quantitative estimate of drug-likeness (QED) is 0.478. The molecule has 0 aliphatic heterocycles. The zero-order valence-corrected chi connectivity index (χ0v) is 12.1. The maximum absolute atomic E-state index is 11.2. The maximum Gasteiger partial charge on any atom is 0.311 e. The highest BCUT2D eigenvalue weighted by Crippen LogP contribution is 2.37. The standard InChI is InChI=1S/C13H12ClN3O2S/c14-12-6-5-11(17(18)19)13(15-12)16(9-3-4-9)8-10-2-1-7-20-10/h1-2,5-7,9H,3-4,8H2. The van der Waals surface area contributed by atoms with Crippen molar-refractivity contribution in [3.05, 3.63) is 49.8 Å². The molecule has 2 heterocycles. The molecule has 0 amide bonds. The summed E-state index contributed by atoms with van der Waals surface area (Å²) in [6.07, 6.45) is 2.08. The molecule has 1 aliphatic carbocycles. The topological polar surface area (TPSA) is 59.3 Å². The van der Waals surface area contributed by atoms with Crippen LogP contribution in [0.2, 0.25) is 5.15 Å². The van der Waals surface area contributed by atoms with Crippen LogP contribution in [0.1, 0.15) is 17.7 Å². The van der Waals surface area contributed by atoms with E-state index in [1.165, 1.54) is 12.1 Å². The highest BCUT2D eigenvalue weighted by Gasteiger charge is 2.34. The molecule has 2 aromatic heterocycles. The van der Waals surface area contributed by atoms with Crippen molar-refractivity contribution >= 4 is 34.4 Å². The van der Waals surface area contributed by atoms with Gasteiger partial charge in [0.2, 0.25) is 5.82 Å². The third-order valence-corrected chi connectivity index (χ3v) is 4.25. The molecule has 0 atom stereocenters. The summed E-state index contributed by atoms with van der Waals surface area (Å²) in [5.41, 5.74) is 0.0119. The van der Waals surface area contributed by atoms with Crippen LogP contribution in [-0.4, -0.2) is 15.9 Å². The Hall–Kier alpha value is -1.66. The molecule has 5 nitrogen and oxygen atoms in total. The predicted octanol–water partition coefficient (Wildman–Crippen LogP) is 3.87. The van der Waals surface area contributed by atoms with Gasteiger partial charge < -0.3 is 4.90 Å². The van der Waals surface area contributed by atoms with E-state index in [0.29, 0.717) is 18.4 Å². The lowest BCUT2D eigenvalue weighted by molar-refractivity contribution is -0.384. The van der Waals surface area contributed by atoms with Gasteiger partial charge in [-0.3, -0.25) is 10.1 Å². The van der Waals surface area contributed by atoms with Crippen molar-refractivity contribution in [2.45, 2.75) is 25.4 Å². The van der Waals surface area contributed by atoms with Gasteiger partial charge in [0.1, 0.15) is 5.15 Å². The molecule has 1 fully saturated rings. The lowest BCUT2D eigenvalue weighted by Crippen LogP contribution is -2.26. The minimum atomic E-state index is -0.400. The second-order valence-electron chi connectivity index (χ2n) is 4.67. The van der Waals surface area contributed by atoms with Gasteiger partial charge in [0.05, 0.1) is 11.5 Å². The Morgan fingerprint density at radius 2 is 2.25 bits per heavy atom. The maximum atomic E-state index is 11.2. The first-order valence-electron chi connectivity index (χ1n) is 6.25. The van der Waals surface area contributed by atoms with Gasteiger partial charge >= 0.3 is 5.69 Å². The third-order valence-electron chi connectivity index (χ3n) is 3.18. The van der Waals surface area contributed by atoms with E-state index in [2.05, 4.69) is 4.98 Å². The van der Waals surface area contributed by atoms with E-state index in [9.17, 15) is 10.1 Å². The van der Waals surface area contributed by atoms with Gasteiger partial charge in [-0.1, -0.05) is 17.7 Å². The number of rotatable bonds is 5. The minimum absolute atomic E-state index is 0.0119. The summed E-state index contributed by atoms with van der Waals surface area (Å²) in [4.78, 5) is 18.1. The summed E-state index contributed by atoms with van der Waals surface area (Å²) >= 11 is 7.55. The average molecular weight is 310 g/mol. The molecule has 0 bridgehead atoms. The average Bonchev–Trinajstić information content (AvgIpc) is 3.12. The molecule has 7 heteroatoms. The van der Waals surface area contributed by atoms with E-state index in [4.69, 9.17) is 11.6 Å². The first-order chi connectivity index (χ1) is 9.65. The van der Waals surface area contributed by atoms with Crippen LogP contribution >= 0.6 is 22.9 Å². The molecule has 2 aromatic rings. The van der Waals surface area contributed by atoms with E-state index in [0.717, 1.165) is 17.7 Å². The van der Waals surface area contributed by atoms with Crippen molar-refractivity contribution in [2.75, 3.05) is 4.90 Å². The summed E-state index contributed by atoms with van der Waals surface area (Å²) in [6, 6.07) is 7.21. The number of hydrogen-bond acceptors (Lipinski definition) is 5. The van der Waals surface area contributed by atoms with Crippen molar-refractivity contribution in [2.24, 2.45) is 0 Å². The smallest absolute Gasteiger partial charge is 0.311 e. The number of nitro groups is 1. The molecular formula is C13H12ClN3O2S. The number of aromatic nitrogens is 1. The zero-order chi connectivity index (χ0) is 14.1. The van der Waals surface area contributed by atoms with Crippen LogP contribution in [0.4, 0.5) is 11.5 Å². The SMILES string of the molecule is O=[N+]([O-])c1ccc(Cl)nc1N(Cc1cccs1)C1CC1. The fourth-order valence-electron chi connectivity index (χ4n) is 2.11. The number of anilines is 1. The number of thiophene rings is 1. The monoisotopic (exact) mass is 309 g/mol. The molecule has 20 heavy (non-hydrogen) atoms. The lowest BCUT2D eigenvalue weighted by Gasteiger charge is -2.22. The Labute approximate surface area is 125 Å². The lowest BCUT2D eigenvalue weighted by atomic mass is 10.3. The van der Waals surface area contributed by atoms with E-state index in [1.54, 1.807) is 11.3 Å². The van der Waals surface area contributed by atoms with Gasteiger partial charge in [0.25, 0.3) is 0 Å². The summed E-state index contributed by atoms with van der Waals surface area (Å²) in [5, 5.41) is 13.5. The van der Waals surface area contributed by atoms with E-state index in [-0.39, 0.29) is 10.8 Å². The first kappa shape index (κ1) is 13.3. The largest absolute Gasteiger partial charge is 0.343 e. The Kier molecular flexibility index (Phi) is 3.58. The fraction of sp³-hybridized carbons (Fsp3) is 0.308. The molecule has 0 saturated heterocycles. The van der Waals surface area contributed by atoms with E-state index >= 15 is 0 Å². The van der Waals surface area contributed by atoms with Gasteiger partial charge in [-0.25, -0.2) is 4.98 Å². The molecule has 0 aromatic carbocycles. The highest BCUT2D eigenvalue weighted by molar-refractivity contribution is 7.09. The zero-order valence-electron chi connectivity index (χ0n) is 10.5. The Balaban J connectivity index is 1.98. The summed E-state index contributed by atoms with van der Waals surface area (Å²) < 4.78 is 0. The van der Waals surface area contributed by atoms with Crippen LogP contribution in [0.3, 0.4) is 0 Å². The second-order valence-corrected chi connectivity index (χ2v) is 6.09. The number of hydrogen-bond donors (Lipinski definition) is 0. The van der Waals surface area contributed by atoms with Crippen molar-refractivity contribution < 1.29 is 4.92 Å². The Morgan fingerprint density at radius 3 is 2.85 bits per heavy atom. The van der Waals surface area contributed by atoms with Crippen molar-refractivity contribution in [3.8, 4) is 0 Å². The van der Waals surface area contributed by atoms with Crippen LogP contribution < -0.4 is 4.90 Å². The number of pyridine rings is 1. The molecule has 0 N–H and O–H groups in total. The van der Waals surface area contributed by atoms with Crippen molar-refractivity contribution in [1.29, 1.82) is 0 Å². The third kappa shape index (κ3) is 2.76. The van der Waals surface area contributed by atoms with Crippen molar-refractivity contribution in [1.82, 2.24) is 4.98 Å². The van der Waals surface area contributed by atoms with Crippen LogP contribution in [0, 0.1) is 10.1 Å². The molecule has 3 rings (SSSR count). The van der Waals surface area contributed by atoms with Crippen LogP contribution in [0.5, 0.6) is 0 Å². The Morgan fingerprint density at radius 1 is 1.45 bits per heavy atom. The van der Waals surface area contributed by atoms with Gasteiger partial charge in [-0.2, -0.15) is 0 Å². The van der Waals surface area contributed by atoms with Gasteiger partial charge in [0, 0.05) is 17.0 Å². The summed E-state index contributed by atoms with van der Waals surface area (Å²) in [6.45, 7) is 0.635. The summed E-state index contributed by atoms with van der Waals surface area (Å²) in [7, 11) is 0. The van der Waals surface area contributed by atoms with Crippen molar-refractivity contribution in [3.63, 3.8) is 0 Å². The molecular weight excluding hydrogens is 298 g/mol. The number of halogens is 1. The molecule has 0 spiro atoms. The predicted molar refractivity (Wildman–Crippen MR) is 79.4 cm³/mol. The molecule has 1 aliphatic rings. The Bertz CT molecular complexity index is 629. The molecule has 104 valence electrons.